The summed E-state index contributed by atoms with van der Waals surface area (Å²) in [5, 5.41) is 0.370. The Kier molecular flexibility index (Phi) is 3.47. The van der Waals surface area contributed by atoms with Gasteiger partial charge >= 0.3 is 0 Å². The highest BCUT2D eigenvalue weighted by Gasteiger charge is 2.47. The highest BCUT2D eigenvalue weighted by molar-refractivity contribution is 7.80. The molecular formula is C18H18FN3O3S. The van der Waals surface area contributed by atoms with E-state index >= 15 is 4.39 Å². The molecule has 5 rings (SSSR count). The second-order valence-electron chi connectivity index (χ2n) is 7.13. The van der Waals surface area contributed by atoms with Crippen molar-refractivity contribution in [1.82, 2.24) is 4.90 Å². The first-order valence-corrected chi connectivity index (χ1v) is 9.42. The number of ether oxygens (including phenoxy) is 1. The minimum Gasteiger partial charge on any atom is -0.481 e. The zero-order chi connectivity index (χ0) is 18.0. The molecule has 2 saturated heterocycles. The number of rotatable bonds is 1. The monoisotopic (exact) mass is 375 g/mol. The highest BCUT2D eigenvalue weighted by Crippen LogP contribution is 2.46. The van der Waals surface area contributed by atoms with Crippen molar-refractivity contribution in [2.45, 2.75) is 38.1 Å². The van der Waals surface area contributed by atoms with Gasteiger partial charge in [0.1, 0.15) is 11.8 Å². The van der Waals surface area contributed by atoms with Gasteiger partial charge in [-0.25, -0.2) is 4.39 Å². The lowest BCUT2D eigenvalue weighted by Crippen LogP contribution is -2.43. The van der Waals surface area contributed by atoms with E-state index in [1.165, 1.54) is 11.0 Å². The van der Waals surface area contributed by atoms with Crippen LogP contribution < -0.4 is 14.5 Å². The normalized spacial score (nSPS) is 24.6. The average Bonchev–Trinajstić information content (AvgIpc) is 2.90. The fourth-order valence-corrected chi connectivity index (χ4v) is 4.93. The smallest absolute Gasteiger partial charge is 0.265 e. The van der Waals surface area contributed by atoms with Crippen LogP contribution in [-0.4, -0.2) is 47.6 Å². The summed E-state index contributed by atoms with van der Waals surface area (Å²) >= 11 is 5.54. The lowest BCUT2D eigenvalue weighted by molar-refractivity contribution is -0.121. The Morgan fingerprint density at radius 1 is 1.15 bits per heavy atom. The third-order valence-corrected chi connectivity index (χ3v) is 6.11. The van der Waals surface area contributed by atoms with Crippen LogP contribution in [0.3, 0.4) is 0 Å². The summed E-state index contributed by atoms with van der Waals surface area (Å²) in [7, 11) is 0. The van der Waals surface area contributed by atoms with Crippen molar-refractivity contribution >= 4 is 40.5 Å². The van der Waals surface area contributed by atoms with Crippen LogP contribution in [0.4, 0.5) is 15.8 Å². The Morgan fingerprint density at radius 3 is 2.81 bits per heavy atom. The average molecular weight is 375 g/mol. The first-order valence-electron chi connectivity index (χ1n) is 9.01. The Balaban J connectivity index is 1.68. The van der Waals surface area contributed by atoms with Crippen LogP contribution in [0.1, 0.15) is 31.2 Å². The van der Waals surface area contributed by atoms with E-state index in [2.05, 4.69) is 0 Å². The van der Waals surface area contributed by atoms with Crippen molar-refractivity contribution in [2.24, 2.45) is 0 Å². The van der Waals surface area contributed by atoms with Gasteiger partial charge in [-0.2, -0.15) is 0 Å². The molecule has 1 aromatic carbocycles. The van der Waals surface area contributed by atoms with Crippen molar-refractivity contribution in [1.29, 1.82) is 0 Å². The van der Waals surface area contributed by atoms with Crippen LogP contribution in [0.2, 0.25) is 0 Å². The summed E-state index contributed by atoms with van der Waals surface area (Å²) in [6, 6.07) is 0.989. The van der Waals surface area contributed by atoms with Crippen LogP contribution in [0, 0.1) is 5.82 Å². The third-order valence-electron chi connectivity index (χ3n) is 5.69. The lowest BCUT2D eigenvalue weighted by Gasteiger charge is -2.36. The van der Waals surface area contributed by atoms with E-state index < -0.39 is 5.82 Å². The topological polar surface area (TPSA) is 53.1 Å². The van der Waals surface area contributed by atoms with Crippen LogP contribution >= 0.6 is 12.2 Å². The molecule has 4 aliphatic rings. The number of carbonyl (C=O) groups excluding carboxylic acids is 2. The van der Waals surface area contributed by atoms with E-state index in [1.54, 1.807) is 4.90 Å². The molecule has 0 aromatic heterocycles. The predicted octanol–water partition coefficient (Wildman–Crippen LogP) is 1.98. The zero-order valence-corrected chi connectivity index (χ0v) is 15.0. The lowest BCUT2D eigenvalue weighted by atomic mass is 9.96. The minimum absolute atomic E-state index is 0.0812. The molecule has 136 valence electrons. The van der Waals surface area contributed by atoms with Crippen molar-refractivity contribution in [2.75, 3.05) is 29.5 Å². The molecule has 2 fully saturated rings. The van der Waals surface area contributed by atoms with E-state index in [1.807, 2.05) is 4.90 Å². The number of piperidine rings is 1. The van der Waals surface area contributed by atoms with Crippen molar-refractivity contribution in [3.63, 3.8) is 0 Å². The van der Waals surface area contributed by atoms with E-state index in [9.17, 15) is 9.59 Å². The maximum absolute atomic E-state index is 15.1. The molecule has 0 N–H and O–H groups in total. The molecule has 0 spiro atoms. The summed E-state index contributed by atoms with van der Waals surface area (Å²) in [4.78, 5) is 30.2. The maximum atomic E-state index is 15.1. The van der Waals surface area contributed by atoms with Gasteiger partial charge in [-0.1, -0.05) is 0 Å². The molecule has 0 radical (unpaired) electrons. The predicted molar refractivity (Wildman–Crippen MR) is 97.0 cm³/mol. The minimum atomic E-state index is -0.523. The van der Waals surface area contributed by atoms with E-state index in [0.29, 0.717) is 35.1 Å². The first kappa shape index (κ1) is 16.0. The Hall–Kier alpha value is -2.22. The van der Waals surface area contributed by atoms with Gasteiger partial charge in [0, 0.05) is 24.7 Å². The van der Waals surface area contributed by atoms with Crippen molar-refractivity contribution in [3.8, 4) is 5.75 Å². The standard InChI is InChI=1S/C18H18FN3O3S/c19-11-8-13-16-10(4-3-7-21(16)14(23)9-25-13)15(11)22-17(24)12-5-1-2-6-20(12)18(22)26/h8,12H,1-7,9H2. The van der Waals surface area contributed by atoms with Crippen molar-refractivity contribution < 1.29 is 18.7 Å². The quantitative estimate of drug-likeness (QED) is 0.703. The van der Waals surface area contributed by atoms with Gasteiger partial charge in [0.2, 0.25) is 0 Å². The zero-order valence-electron chi connectivity index (χ0n) is 14.2. The largest absolute Gasteiger partial charge is 0.481 e. The number of thiocarbonyl (C=S) groups is 1. The maximum Gasteiger partial charge on any atom is 0.265 e. The number of hydrogen-bond donors (Lipinski definition) is 0. The van der Waals surface area contributed by atoms with Crippen LogP contribution in [0.15, 0.2) is 6.07 Å². The molecule has 8 heteroatoms. The van der Waals surface area contributed by atoms with Gasteiger partial charge in [-0.15, -0.1) is 0 Å². The number of hydrogen-bond acceptors (Lipinski definition) is 4. The van der Waals surface area contributed by atoms with Gasteiger partial charge in [0.25, 0.3) is 11.8 Å². The molecule has 1 atom stereocenters. The number of carbonyl (C=O) groups is 2. The molecule has 4 heterocycles. The number of fused-ring (bicyclic) bond motifs is 1. The second kappa shape index (κ2) is 5.64. The number of amides is 2. The second-order valence-corrected chi connectivity index (χ2v) is 7.50. The van der Waals surface area contributed by atoms with Crippen LogP contribution in [0.25, 0.3) is 0 Å². The SMILES string of the molecule is O=C1COc2cc(F)c(N3C(=O)C4CCCCN4C3=S)c3c2N1CCC3. The summed E-state index contributed by atoms with van der Waals surface area (Å²) < 4.78 is 20.5. The van der Waals surface area contributed by atoms with Gasteiger partial charge < -0.3 is 14.5 Å². The molecule has 1 unspecified atom stereocenters. The van der Waals surface area contributed by atoms with E-state index in [0.717, 1.165) is 32.2 Å². The number of halogens is 1. The van der Waals surface area contributed by atoms with Gasteiger partial charge in [-0.05, 0) is 44.3 Å². The Morgan fingerprint density at radius 2 is 2.00 bits per heavy atom. The number of nitrogens with zero attached hydrogens (tertiary/aromatic N) is 3. The van der Waals surface area contributed by atoms with Crippen molar-refractivity contribution in [3.05, 3.63) is 17.4 Å². The van der Waals surface area contributed by atoms with Gasteiger partial charge in [0.05, 0.1) is 11.4 Å². The molecule has 4 aliphatic heterocycles. The fraction of sp³-hybridized carbons (Fsp3) is 0.500. The fourth-order valence-electron chi connectivity index (χ4n) is 4.53. The summed E-state index contributed by atoms with van der Waals surface area (Å²) in [5.74, 6) is -0.449. The summed E-state index contributed by atoms with van der Waals surface area (Å²) in [6.45, 7) is 1.23. The number of anilines is 2. The van der Waals surface area contributed by atoms with Gasteiger partial charge in [-0.3, -0.25) is 14.5 Å². The first-order chi connectivity index (χ1) is 12.6. The third kappa shape index (κ3) is 2.05. The molecular weight excluding hydrogens is 357 g/mol. The molecule has 26 heavy (non-hydrogen) atoms. The Bertz CT molecular complexity index is 835. The summed E-state index contributed by atoms with van der Waals surface area (Å²) in [5.41, 5.74) is 1.45. The molecule has 0 saturated carbocycles. The van der Waals surface area contributed by atoms with E-state index in [4.69, 9.17) is 17.0 Å². The highest BCUT2D eigenvalue weighted by atomic mass is 32.1. The molecule has 0 aliphatic carbocycles. The van der Waals surface area contributed by atoms with E-state index in [-0.39, 0.29) is 30.2 Å². The van der Waals surface area contributed by atoms with Gasteiger partial charge in [0.15, 0.2) is 17.5 Å². The van der Waals surface area contributed by atoms with Crippen LogP contribution in [0.5, 0.6) is 5.75 Å². The number of benzene rings is 1. The summed E-state index contributed by atoms with van der Waals surface area (Å²) in [6.07, 6.45) is 3.99. The molecule has 6 nitrogen and oxygen atoms in total. The Labute approximate surface area is 155 Å². The molecule has 2 amide bonds. The van der Waals surface area contributed by atoms with Crippen LogP contribution in [-0.2, 0) is 16.0 Å². The molecule has 0 bridgehead atoms. The molecule has 1 aromatic rings.